The van der Waals surface area contributed by atoms with Gasteiger partial charge in [-0.15, -0.1) is 0 Å². The van der Waals surface area contributed by atoms with E-state index in [1.165, 1.54) is 12.1 Å². The van der Waals surface area contributed by atoms with Gasteiger partial charge in [-0.25, -0.2) is 8.78 Å². The minimum absolute atomic E-state index is 0.353. The van der Waals surface area contributed by atoms with Gasteiger partial charge in [0.2, 0.25) is 0 Å². The first-order valence-electron chi connectivity index (χ1n) is 5.34. The van der Waals surface area contributed by atoms with E-state index in [-0.39, 0.29) is 0 Å². The average Bonchev–Trinajstić information content (AvgIpc) is 2.33. The summed E-state index contributed by atoms with van der Waals surface area (Å²) in [4.78, 5) is 13.7. The highest BCUT2D eigenvalue weighted by Gasteiger charge is 2.19. The molecule has 1 rings (SSSR count). The van der Waals surface area contributed by atoms with Gasteiger partial charge < -0.3 is 10.1 Å². The number of pyridine rings is 1. The highest BCUT2D eigenvalue weighted by atomic mass is 19.3. The summed E-state index contributed by atoms with van der Waals surface area (Å²) in [5.41, 5.74) is -0.433. The van der Waals surface area contributed by atoms with E-state index in [1.807, 2.05) is 6.92 Å². The van der Waals surface area contributed by atoms with Crippen LogP contribution in [0.5, 0.6) is 5.88 Å². The molecule has 1 heterocycles. The molecule has 0 aliphatic rings. The Bertz CT molecular complexity index is 415. The highest BCUT2D eigenvalue weighted by molar-refractivity contribution is 5.49. The van der Waals surface area contributed by atoms with Crippen molar-refractivity contribution < 1.29 is 18.4 Å². The van der Waals surface area contributed by atoms with Gasteiger partial charge in [-0.2, -0.15) is 4.98 Å². The number of rotatable bonds is 7. The molecule has 0 aliphatic carbocycles. The van der Waals surface area contributed by atoms with Gasteiger partial charge in [-0.1, -0.05) is 6.92 Å². The van der Waals surface area contributed by atoms with Gasteiger partial charge in [-0.3, -0.25) is 10.1 Å². The average molecular weight is 261 g/mol. The maximum absolute atomic E-state index is 12.0. The van der Waals surface area contributed by atoms with Gasteiger partial charge in [-0.05, 0) is 12.5 Å². The van der Waals surface area contributed by atoms with Crippen LogP contribution in [0.4, 0.5) is 20.3 Å². The van der Waals surface area contributed by atoms with E-state index in [2.05, 4.69) is 15.0 Å². The minimum Gasteiger partial charge on any atom is -0.467 e. The molecule has 1 aromatic rings. The molecule has 0 aliphatic heterocycles. The van der Waals surface area contributed by atoms with E-state index in [1.54, 1.807) is 0 Å². The lowest BCUT2D eigenvalue weighted by Gasteiger charge is -2.08. The molecule has 0 saturated carbocycles. The molecule has 1 N–H and O–H groups in total. The van der Waals surface area contributed by atoms with Crippen LogP contribution in [0, 0.1) is 10.1 Å². The van der Waals surface area contributed by atoms with E-state index < -0.39 is 29.5 Å². The van der Waals surface area contributed by atoms with E-state index in [4.69, 9.17) is 0 Å². The van der Waals surface area contributed by atoms with Crippen LogP contribution >= 0.6 is 0 Å². The first kappa shape index (κ1) is 14.1. The number of anilines is 1. The molecule has 0 radical (unpaired) electrons. The van der Waals surface area contributed by atoms with Crippen LogP contribution in [0.15, 0.2) is 12.1 Å². The van der Waals surface area contributed by atoms with Gasteiger partial charge in [0.05, 0.1) is 4.92 Å². The van der Waals surface area contributed by atoms with E-state index >= 15 is 0 Å². The van der Waals surface area contributed by atoms with Crippen molar-refractivity contribution >= 4 is 11.5 Å². The molecule has 8 heteroatoms. The van der Waals surface area contributed by atoms with Gasteiger partial charge >= 0.3 is 5.69 Å². The van der Waals surface area contributed by atoms with Crippen molar-refractivity contribution in [1.82, 2.24) is 4.98 Å². The molecule has 6 nitrogen and oxygen atoms in total. The molecule has 18 heavy (non-hydrogen) atoms. The van der Waals surface area contributed by atoms with Gasteiger partial charge in [0.1, 0.15) is 5.82 Å². The lowest BCUT2D eigenvalue weighted by molar-refractivity contribution is -0.386. The molecule has 0 spiro atoms. The van der Waals surface area contributed by atoms with Crippen LogP contribution in [0.25, 0.3) is 0 Å². The maximum atomic E-state index is 12.0. The van der Waals surface area contributed by atoms with Crippen LogP contribution in [0.2, 0.25) is 0 Å². The third kappa shape index (κ3) is 4.11. The summed E-state index contributed by atoms with van der Waals surface area (Å²) in [7, 11) is 0. The summed E-state index contributed by atoms with van der Waals surface area (Å²) in [6.07, 6.45) is -1.87. The van der Waals surface area contributed by atoms with Crippen LogP contribution in [-0.4, -0.2) is 29.5 Å². The van der Waals surface area contributed by atoms with Crippen molar-refractivity contribution in [3.8, 4) is 5.88 Å². The molecule has 100 valence electrons. The van der Waals surface area contributed by atoms with Crippen molar-refractivity contribution in [1.29, 1.82) is 0 Å². The Kier molecular flexibility index (Phi) is 5.22. The Labute approximate surface area is 102 Å². The van der Waals surface area contributed by atoms with E-state index in [0.717, 1.165) is 6.42 Å². The highest BCUT2D eigenvalue weighted by Crippen LogP contribution is 2.26. The molecule has 0 amide bonds. The molecule has 0 bridgehead atoms. The molecule has 0 unspecified atom stereocenters. The molecule has 0 aromatic carbocycles. The molecule has 0 atom stereocenters. The molecule has 1 aromatic heterocycles. The van der Waals surface area contributed by atoms with Crippen LogP contribution in [0.3, 0.4) is 0 Å². The number of nitrogens with one attached hydrogen (secondary N) is 1. The van der Waals surface area contributed by atoms with Crippen molar-refractivity contribution in [2.24, 2.45) is 0 Å². The summed E-state index contributed by atoms with van der Waals surface area (Å²) in [6.45, 7) is 1.64. The fourth-order valence-corrected chi connectivity index (χ4v) is 1.17. The predicted molar refractivity (Wildman–Crippen MR) is 61.2 cm³/mol. The Morgan fingerprint density at radius 2 is 2.28 bits per heavy atom. The monoisotopic (exact) mass is 261 g/mol. The van der Waals surface area contributed by atoms with Crippen LogP contribution in [0.1, 0.15) is 13.3 Å². The predicted octanol–water partition coefficient (Wildman–Crippen LogP) is 2.46. The second kappa shape index (κ2) is 6.67. The summed E-state index contributed by atoms with van der Waals surface area (Å²) >= 11 is 0. The number of halogens is 2. The molecular formula is C10H13F2N3O3. The SMILES string of the molecule is CCCNc1ccc([N+](=O)[O-])c(OCC(F)F)n1. The zero-order valence-corrected chi connectivity index (χ0v) is 9.73. The third-order valence-electron chi connectivity index (χ3n) is 1.94. The molecule has 0 fully saturated rings. The van der Waals surface area contributed by atoms with Gasteiger partial charge in [0, 0.05) is 12.6 Å². The number of nitrogens with zero attached hydrogens (tertiary/aromatic N) is 2. The standard InChI is InChI=1S/C10H13F2N3O3/c1-2-5-13-9-4-3-7(15(16)17)10(14-9)18-6-8(11)12/h3-4,8H,2,5-6H2,1H3,(H,13,14). The summed E-state index contributed by atoms with van der Waals surface area (Å²) < 4.78 is 28.7. The topological polar surface area (TPSA) is 77.3 Å². The van der Waals surface area contributed by atoms with Crippen LogP contribution in [-0.2, 0) is 0 Å². The fourth-order valence-electron chi connectivity index (χ4n) is 1.17. The second-order valence-corrected chi connectivity index (χ2v) is 3.41. The van der Waals surface area contributed by atoms with Crippen molar-refractivity contribution in [2.75, 3.05) is 18.5 Å². The summed E-state index contributed by atoms with van der Waals surface area (Å²) in [5, 5.41) is 13.6. The smallest absolute Gasteiger partial charge is 0.331 e. The Morgan fingerprint density at radius 3 is 2.83 bits per heavy atom. The molecular weight excluding hydrogens is 248 g/mol. The Morgan fingerprint density at radius 1 is 1.56 bits per heavy atom. The first-order chi connectivity index (χ1) is 8.54. The normalized spacial score (nSPS) is 10.4. The second-order valence-electron chi connectivity index (χ2n) is 3.41. The van der Waals surface area contributed by atoms with E-state index in [0.29, 0.717) is 12.4 Å². The lowest BCUT2D eigenvalue weighted by atomic mass is 10.4. The number of aromatic nitrogens is 1. The van der Waals surface area contributed by atoms with E-state index in [9.17, 15) is 18.9 Å². The lowest BCUT2D eigenvalue weighted by Crippen LogP contribution is -2.11. The number of hydrogen-bond acceptors (Lipinski definition) is 5. The van der Waals surface area contributed by atoms with Crippen molar-refractivity contribution in [2.45, 2.75) is 19.8 Å². The summed E-state index contributed by atoms with van der Waals surface area (Å²) in [5.74, 6) is -0.0480. The van der Waals surface area contributed by atoms with Gasteiger partial charge in [0.25, 0.3) is 12.3 Å². The van der Waals surface area contributed by atoms with Crippen molar-refractivity contribution in [3.63, 3.8) is 0 Å². The van der Waals surface area contributed by atoms with Gasteiger partial charge in [0.15, 0.2) is 6.61 Å². The third-order valence-corrected chi connectivity index (χ3v) is 1.94. The number of hydrogen-bond donors (Lipinski definition) is 1. The minimum atomic E-state index is -2.71. The Balaban J connectivity index is 2.88. The van der Waals surface area contributed by atoms with Crippen molar-refractivity contribution in [3.05, 3.63) is 22.2 Å². The number of alkyl halides is 2. The number of nitro groups is 1. The van der Waals surface area contributed by atoms with Crippen LogP contribution < -0.4 is 10.1 Å². The largest absolute Gasteiger partial charge is 0.467 e. The summed E-state index contributed by atoms with van der Waals surface area (Å²) in [6, 6.07) is 2.58. The Hall–Kier alpha value is -1.99. The number of ether oxygens (including phenoxy) is 1. The quantitative estimate of drug-likeness (QED) is 0.602. The zero-order chi connectivity index (χ0) is 13.5. The fraction of sp³-hybridized carbons (Fsp3) is 0.500. The molecule has 0 saturated heterocycles. The maximum Gasteiger partial charge on any atom is 0.331 e. The zero-order valence-electron chi connectivity index (χ0n) is 9.73. The first-order valence-corrected chi connectivity index (χ1v) is 5.34.